The van der Waals surface area contributed by atoms with Gasteiger partial charge in [-0.3, -0.25) is 9.78 Å². The maximum absolute atomic E-state index is 11.3. The smallest absolute Gasteiger partial charge is 0.325 e. The van der Waals surface area contributed by atoms with E-state index in [9.17, 15) is 9.59 Å². The quantitative estimate of drug-likeness (QED) is 0.728. The molecule has 0 spiro atoms. The van der Waals surface area contributed by atoms with Gasteiger partial charge in [-0.1, -0.05) is 6.07 Å². The van der Waals surface area contributed by atoms with Gasteiger partial charge in [-0.05, 0) is 18.6 Å². The van der Waals surface area contributed by atoms with Gasteiger partial charge in [-0.15, -0.1) is 0 Å². The highest BCUT2D eigenvalue weighted by molar-refractivity contribution is 5.80. The third kappa shape index (κ3) is 5.50. The van der Waals surface area contributed by atoms with Gasteiger partial charge in [0.05, 0.1) is 6.61 Å². The van der Waals surface area contributed by atoms with E-state index in [0.717, 1.165) is 5.56 Å². The summed E-state index contributed by atoms with van der Waals surface area (Å²) in [5, 5.41) is 4.99. The van der Waals surface area contributed by atoms with Crippen molar-refractivity contribution in [3.8, 4) is 0 Å². The highest BCUT2D eigenvalue weighted by Crippen LogP contribution is 1.93. The lowest BCUT2D eigenvalue weighted by molar-refractivity contribution is -0.141. The van der Waals surface area contributed by atoms with Gasteiger partial charge in [0.2, 0.25) is 0 Å². The Balaban J connectivity index is 2.20. The molecule has 0 saturated carbocycles. The van der Waals surface area contributed by atoms with Crippen molar-refractivity contribution in [1.82, 2.24) is 15.6 Å². The molecule has 17 heavy (non-hydrogen) atoms. The summed E-state index contributed by atoms with van der Waals surface area (Å²) >= 11 is 0. The highest BCUT2D eigenvalue weighted by atomic mass is 16.5. The zero-order chi connectivity index (χ0) is 12.5. The van der Waals surface area contributed by atoms with E-state index in [1.54, 1.807) is 25.4 Å². The summed E-state index contributed by atoms with van der Waals surface area (Å²) in [5.74, 6) is -0.455. The number of esters is 1. The van der Waals surface area contributed by atoms with E-state index in [1.807, 2.05) is 6.07 Å². The summed E-state index contributed by atoms with van der Waals surface area (Å²) < 4.78 is 4.66. The number of rotatable bonds is 5. The van der Waals surface area contributed by atoms with Crippen molar-refractivity contribution in [3.05, 3.63) is 30.1 Å². The second kappa shape index (κ2) is 7.21. The summed E-state index contributed by atoms with van der Waals surface area (Å²) in [6, 6.07) is 3.22. The Morgan fingerprint density at radius 3 is 2.88 bits per heavy atom. The van der Waals surface area contributed by atoms with Crippen LogP contribution in [0.15, 0.2) is 24.5 Å². The van der Waals surface area contributed by atoms with Crippen LogP contribution in [0.4, 0.5) is 4.79 Å². The molecule has 0 saturated heterocycles. The molecule has 6 nitrogen and oxygen atoms in total. The van der Waals surface area contributed by atoms with Crippen molar-refractivity contribution in [2.75, 3.05) is 13.2 Å². The molecule has 0 unspecified atom stereocenters. The maximum Gasteiger partial charge on any atom is 0.325 e. The number of ether oxygens (including phenoxy) is 1. The van der Waals surface area contributed by atoms with Crippen molar-refractivity contribution in [2.24, 2.45) is 0 Å². The number of hydrogen-bond donors (Lipinski definition) is 2. The van der Waals surface area contributed by atoms with Gasteiger partial charge in [-0.25, -0.2) is 4.79 Å². The fourth-order valence-corrected chi connectivity index (χ4v) is 1.11. The third-order valence-corrected chi connectivity index (χ3v) is 1.87. The second-order valence-electron chi connectivity index (χ2n) is 3.20. The Morgan fingerprint density at radius 2 is 2.24 bits per heavy atom. The number of urea groups is 1. The molecule has 1 rings (SSSR count). The van der Waals surface area contributed by atoms with Crippen LogP contribution >= 0.6 is 0 Å². The summed E-state index contributed by atoms with van der Waals surface area (Å²) in [7, 11) is 0. The number of aromatic nitrogens is 1. The van der Waals surface area contributed by atoms with Crippen LogP contribution in [0, 0.1) is 0 Å². The monoisotopic (exact) mass is 237 g/mol. The summed E-state index contributed by atoms with van der Waals surface area (Å²) in [4.78, 5) is 26.1. The molecule has 1 aromatic heterocycles. The Kier molecular flexibility index (Phi) is 5.50. The lowest BCUT2D eigenvalue weighted by atomic mass is 10.3. The Morgan fingerprint density at radius 1 is 1.41 bits per heavy atom. The molecule has 2 N–H and O–H groups in total. The van der Waals surface area contributed by atoms with Crippen molar-refractivity contribution >= 4 is 12.0 Å². The molecule has 0 bridgehead atoms. The van der Waals surface area contributed by atoms with Crippen molar-refractivity contribution < 1.29 is 14.3 Å². The number of nitrogens with one attached hydrogen (secondary N) is 2. The van der Waals surface area contributed by atoms with Crippen molar-refractivity contribution in [1.29, 1.82) is 0 Å². The minimum Gasteiger partial charge on any atom is -0.465 e. The van der Waals surface area contributed by atoms with Crippen molar-refractivity contribution in [3.63, 3.8) is 0 Å². The van der Waals surface area contributed by atoms with Crippen LogP contribution in [0.3, 0.4) is 0 Å². The van der Waals surface area contributed by atoms with E-state index < -0.39 is 12.0 Å². The number of amides is 2. The van der Waals surface area contributed by atoms with E-state index in [2.05, 4.69) is 20.4 Å². The van der Waals surface area contributed by atoms with Crippen LogP contribution in [0.2, 0.25) is 0 Å². The molecule has 6 heteroatoms. The lowest BCUT2D eigenvalue weighted by Gasteiger charge is -2.06. The van der Waals surface area contributed by atoms with Crippen LogP contribution in [0.25, 0.3) is 0 Å². The first kappa shape index (κ1) is 13.0. The van der Waals surface area contributed by atoms with E-state index in [0.29, 0.717) is 13.2 Å². The number of pyridine rings is 1. The molecule has 2 amide bonds. The third-order valence-electron chi connectivity index (χ3n) is 1.87. The zero-order valence-corrected chi connectivity index (χ0v) is 9.60. The van der Waals surface area contributed by atoms with Gasteiger partial charge in [0.15, 0.2) is 0 Å². The number of hydrogen-bond acceptors (Lipinski definition) is 4. The number of carbonyl (C=O) groups is 2. The number of nitrogens with zero attached hydrogens (tertiary/aromatic N) is 1. The molecule has 0 aromatic carbocycles. The van der Waals surface area contributed by atoms with Gasteiger partial charge in [-0.2, -0.15) is 0 Å². The maximum atomic E-state index is 11.3. The molecule has 0 aliphatic heterocycles. The van der Waals surface area contributed by atoms with Crippen LogP contribution in [0.1, 0.15) is 12.5 Å². The van der Waals surface area contributed by atoms with Gasteiger partial charge in [0.1, 0.15) is 6.54 Å². The minimum absolute atomic E-state index is 0.132. The summed E-state index contributed by atoms with van der Waals surface area (Å²) in [6.07, 6.45) is 3.32. The summed E-state index contributed by atoms with van der Waals surface area (Å²) in [5.41, 5.74) is 0.888. The van der Waals surface area contributed by atoms with E-state index >= 15 is 0 Å². The highest BCUT2D eigenvalue weighted by Gasteiger charge is 2.04. The zero-order valence-electron chi connectivity index (χ0n) is 9.60. The van der Waals surface area contributed by atoms with E-state index in [4.69, 9.17) is 0 Å². The van der Waals surface area contributed by atoms with Gasteiger partial charge in [0.25, 0.3) is 0 Å². The predicted octanol–water partition coefficient (Wildman–Crippen LogP) is 0.444. The molecule has 0 aliphatic carbocycles. The minimum atomic E-state index is -0.455. The predicted molar refractivity (Wildman–Crippen MR) is 61.1 cm³/mol. The van der Waals surface area contributed by atoms with E-state index in [1.165, 1.54) is 0 Å². The Hall–Kier alpha value is -2.11. The normalized spacial score (nSPS) is 9.47. The molecule has 0 atom stereocenters. The molecule has 1 heterocycles. The topological polar surface area (TPSA) is 80.3 Å². The first-order valence-corrected chi connectivity index (χ1v) is 5.28. The number of carbonyl (C=O) groups excluding carboxylic acids is 2. The van der Waals surface area contributed by atoms with Crippen LogP contribution in [0.5, 0.6) is 0 Å². The first-order valence-electron chi connectivity index (χ1n) is 5.28. The molecule has 1 aromatic rings. The van der Waals surface area contributed by atoms with Crippen molar-refractivity contribution in [2.45, 2.75) is 13.5 Å². The molecule has 0 fully saturated rings. The fourth-order valence-electron chi connectivity index (χ4n) is 1.11. The van der Waals surface area contributed by atoms with Gasteiger partial charge < -0.3 is 15.4 Å². The molecular formula is C11H15N3O3. The van der Waals surface area contributed by atoms with Gasteiger partial charge in [0, 0.05) is 18.9 Å². The van der Waals surface area contributed by atoms with Gasteiger partial charge >= 0.3 is 12.0 Å². The Labute approximate surface area is 99.4 Å². The lowest BCUT2D eigenvalue weighted by Crippen LogP contribution is -2.38. The largest absolute Gasteiger partial charge is 0.465 e. The molecular weight excluding hydrogens is 222 g/mol. The first-order chi connectivity index (χ1) is 8.22. The standard InChI is InChI=1S/C11H15N3O3/c1-2-17-10(15)8-14-11(16)13-7-9-4-3-5-12-6-9/h3-6H,2,7-8H2,1H3,(H2,13,14,16). The Bertz CT molecular complexity index is 367. The van der Waals surface area contributed by atoms with Crippen LogP contribution in [-0.4, -0.2) is 30.1 Å². The SMILES string of the molecule is CCOC(=O)CNC(=O)NCc1cccnc1. The average Bonchev–Trinajstić information content (AvgIpc) is 2.35. The molecule has 92 valence electrons. The molecule has 0 aliphatic rings. The van der Waals surface area contributed by atoms with Crippen LogP contribution < -0.4 is 10.6 Å². The second-order valence-corrected chi connectivity index (χ2v) is 3.20. The average molecular weight is 237 g/mol. The molecule has 0 radical (unpaired) electrons. The summed E-state index contributed by atoms with van der Waals surface area (Å²) in [6.45, 7) is 2.24. The van der Waals surface area contributed by atoms with Crippen LogP contribution in [-0.2, 0) is 16.1 Å². The fraction of sp³-hybridized carbons (Fsp3) is 0.364. The van der Waals surface area contributed by atoms with E-state index in [-0.39, 0.29) is 6.54 Å².